The molecule has 9 heteroatoms. The Morgan fingerprint density at radius 2 is 1.71 bits per heavy atom. The molecule has 1 amide bonds. The number of carbonyl (C=O) groups excluding carboxylic acids is 1. The van der Waals surface area contributed by atoms with Crippen LogP contribution in [0.4, 0.5) is 20.2 Å². The van der Waals surface area contributed by atoms with Gasteiger partial charge in [0.15, 0.2) is 11.6 Å². The van der Waals surface area contributed by atoms with Gasteiger partial charge in [0.25, 0.3) is 10.0 Å². The highest BCUT2D eigenvalue weighted by Crippen LogP contribution is 2.27. The largest absolute Gasteiger partial charge is 0.497 e. The Bertz CT molecular complexity index is 1200. The summed E-state index contributed by atoms with van der Waals surface area (Å²) in [6, 6.07) is 15.3. The number of methoxy groups -OCH3 is 1. The Hall–Kier alpha value is -3.46. The summed E-state index contributed by atoms with van der Waals surface area (Å²) in [4.78, 5) is 12.6. The first-order valence-electron chi connectivity index (χ1n) is 9.19. The number of halogens is 2. The average molecular weight is 446 g/mol. The van der Waals surface area contributed by atoms with E-state index < -0.39 is 34.1 Å². The minimum Gasteiger partial charge on any atom is -0.497 e. The number of hydrogen-bond donors (Lipinski definition) is 1. The molecule has 0 atom stereocenters. The lowest BCUT2D eigenvalue weighted by Crippen LogP contribution is -2.38. The Balaban J connectivity index is 1.96. The van der Waals surface area contributed by atoms with E-state index in [2.05, 4.69) is 5.32 Å². The number of nitrogens with zero attached hydrogens (tertiary/aromatic N) is 1. The predicted molar refractivity (Wildman–Crippen MR) is 114 cm³/mol. The van der Waals surface area contributed by atoms with Crippen molar-refractivity contribution in [3.05, 3.63) is 83.9 Å². The van der Waals surface area contributed by atoms with Crippen molar-refractivity contribution in [2.24, 2.45) is 0 Å². The van der Waals surface area contributed by atoms with E-state index in [9.17, 15) is 22.0 Å². The average Bonchev–Trinajstić information content (AvgIpc) is 2.75. The van der Waals surface area contributed by atoms with Gasteiger partial charge >= 0.3 is 0 Å². The maximum atomic E-state index is 13.4. The Morgan fingerprint density at radius 3 is 2.35 bits per heavy atom. The van der Waals surface area contributed by atoms with Crippen molar-refractivity contribution in [3.8, 4) is 5.75 Å². The van der Waals surface area contributed by atoms with Crippen LogP contribution >= 0.6 is 0 Å². The fraction of sp³-hybridized carbons (Fsp3) is 0.136. The zero-order chi connectivity index (χ0) is 22.6. The summed E-state index contributed by atoms with van der Waals surface area (Å²) in [6.45, 7) is 1.23. The lowest BCUT2D eigenvalue weighted by Gasteiger charge is -2.24. The second-order valence-corrected chi connectivity index (χ2v) is 8.57. The lowest BCUT2D eigenvalue weighted by atomic mass is 10.2. The van der Waals surface area contributed by atoms with Crippen molar-refractivity contribution in [2.45, 2.75) is 11.8 Å². The van der Waals surface area contributed by atoms with Crippen LogP contribution in [0.2, 0.25) is 0 Å². The minimum atomic E-state index is -4.12. The summed E-state index contributed by atoms with van der Waals surface area (Å²) in [5, 5.41) is 2.39. The molecule has 0 aliphatic heterocycles. The van der Waals surface area contributed by atoms with Crippen molar-refractivity contribution < 1.29 is 26.7 Å². The Kier molecular flexibility index (Phi) is 6.55. The van der Waals surface area contributed by atoms with Crippen LogP contribution in [0.5, 0.6) is 5.75 Å². The van der Waals surface area contributed by atoms with E-state index in [1.54, 1.807) is 24.3 Å². The molecule has 0 heterocycles. The van der Waals surface area contributed by atoms with E-state index in [0.717, 1.165) is 22.0 Å². The fourth-order valence-corrected chi connectivity index (χ4v) is 4.24. The molecule has 3 rings (SSSR count). The molecule has 0 spiro atoms. The molecule has 0 aliphatic carbocycles. The van der Waals surface area contributed by atoms with Crippen molar-refractivity contribution >= 4 is 27.3 Å². The van der Waals surface area contributed by atoms with Crippen LogP contribution < -0.4 is 14.4 Å². The Morgan fingerprint density at radius 1 is 1.00 bits per heavy atom. The van der Waals surface area contributed by atoms with Gasteiger partial charge in [-0.1, -0.05) is 23.8 Å². The molecule has 0 unspecified atom stereocenters. The molecule has 6 nitrogen and oxygen atoms in total. The molecule has 1 N–H and O–H groups in total. The first-order chi connectivity index (χ1) is 14.7. The second kappa shape index (κ2) is 9.13. The molecule has 3 aromatic carbocycles. The monoisotopic (exact) mass is 446 g/mol. The minimum absolute atomic E-state index is 0.00143. The smallest absolute Gasteiger partial charge is 0.264 e. The quantitative estimate of drug-likeness (QED) is 0.593. The van der Waals surface area contributed by atoms with Crippen LogP contribution in [-0.4, -0.2) is 28.0 Å². The number of ether oxygens (including phenoxy) is 1. The van der Waals surface area contributed by atoms with E-state index >= 15 is 0 Å². The highest BCUT2D eigenvalue weighted by molar-refractivity contribution is 7.92. The van der Waals surface area contributed by atoms with Gasteiger partial charge in [0, 0.05) is 17.8 Å². The van der Waals surface area contributed by atoms with Gasteiger partial charge in [-0.3, -0.25) is 9.10 Å². The molecule has 0 aliphatic rings. The second-order valence-electron chi connectivity index (χ2n) is 6.70. The SMILES string of the molecule is COc1cccc(N(CC(=O)Nc2ccc(F)c(F)c2)S(=O)(=O)c2ccc(C)cc2)c1. The standard InChI is InChI=1S/C22H20F2N2O4S/c1-15-6-9-19(10-7-15)31(28,29)26(17-4-3-5-18(13-17)30-2)14-22(27)25-16-8-11-20(23)21(24)12-16/h3-13H,14H2,1-2H3,(H,25,27). The summed E-state index contributed by atoms with van der Waals surface area (Å²) in [6.07, 6.45) is 0. The molecular formula is C22H20F2N2O4S. The lowest BCUT2D eigenvalue weighted by molar-refractivity contribution is -0.114. The maximum Gasteiger partial charge on any atom is 0.264 e. The van der Waals surface area contributed by atoms with Gasteiger partial charge in [0.1, 0.15) is 12.3 Å². The van der Waals surface area contributed by atoms with E-state index in [-0.39, 0.29) is 16.3 Å². The highest BCUT2D eigenvalue weighted by atomic mass is 32.2. The molecular weight excluding hydrogens is 426 g/mol. The number of rotatable bonds is 7. The van der Waals surface area contributed by atoms with E-state index in [0.29, 0.717) is 5.75 Å². The number of anilines is 2. The van der Waals surface area contributed by atoms with Crippen molar-refractivity contribution in [1.82, 2.24) is 0 Å². The van der Waals surface area contributed by atoms with Crippen LogP contribution in [0.3, 0.4) is 0 Å². The molecule has 0 saturated carbocycles. The molecule has 3 aromatic rings. The summed E-state index contributed by atoms with van der Waals surface area (Å²) < 4.78 is 59.3. The van der Waals surface area contributed by atoms with E-state index in [1.807, 2.05) is 6.92 Å². The predicted octanol–water partition coefficient (Wildman–Crippen LogP) is 4.12. The van der Waals surface area contributed by atoms with Crippen LogP contribution in [-0.2, 0) is 14.8 Å². The topological polar surface area (TPSA) is 75.7 Å². The van der Waals surface area contributed by atoms with Crippen LogP contribution in [0.25, 0.3) is 0 Å². The molecule has 31 heavy (non-hydrogen) atoms. The summed E-state index contributed by atoms with van der Waals surface area (Å²) >= 11 is 0. The molecule has 0 radical (unpaired) electrons. The van der Waals surface area contributed by atoms with Gasteiger partial charge < -0.3 is 10.1 Å². The maximum absolute atomic E-state index is 13.4. The van der Waals surface area contributed by atoms with Gasteiger partial charge in [0.2, 0.25) is 5.91 Å². The van der Waals surface area contributed by atoms with E-state index in [1.165, 1.54) is 37.4 Å². The number of hydrogen-bond acceptors (Lipinski definition) is 4. The highest BCUT2D eigenvalue weighted by Gasteiger charge is 2.27. The van der Waals surface area contributed by atoms with Crippen molar-refractivity contribution in [2.75, 3.05) is 23.3 Å². The number of nitrogens with one attached hydrogen (secondary N) is 1. The van der Waals surface area contributed by atoms with E-state index in [4.69, 9.17) is 4.74 Å². The molecule has 162 valence electrons. The first kappa shape index (κ1) is 22.2. The zero-order valence-corrected chi connectivity index (χ0v) is 17.6. The van der Waals surface area contributed by atoms with Crippen LogP contribution in [0, 0.1) is 18.6 Å². The molecule has 0 aromatic heterocycles. The molecule has 0 saturated heterocycles. The van der Waals surface area contributed by atoms with Crippen molar-refractivity contribution in [3.63, 3.8) is 0 Å². The van der Waals surface area contributed by atoms with Crippen molar-refractivity contribution in [1.29, 1.82) is 0 Å². The number of carbonyl (C=O) groups is 1. The van der Waals surface area contributed by atoms with Gasteiger partial charge in [0.05, 0.1) is 17.7 Å². The fourth-order valence-electron chi connectivity index (χ4n) is 2.82. The number of sulfonamides is 1. The van der Waals surface area contributed by atoms with Gasteiger partial charge in [-0.25, -0.2) is 17.2 Å². The third kappa shape index (κ3) is 5.18. The molecule has 0 bridgehead atoms. The first-order valence-corrected chi connectivity index (χ1v) is 10.6. The van der Waals surface area contributed by atoms with Gasteiger partial charge in [-0.2, -0.15) is 0 Å². The summed E-state index contributed by atoms with van der Waals surface area (Å²) in [5.74, 6) is -2.51. The third-order valence-electron chi connectivity index (χ3n) is 4.44. The van der Waals surface area contributed by atoms with Crippen LogP contribution in [0.1, 0.15) is 5.56 Å². The third-order valence-corrected chi connectivity index (χ3v) is 6.23. The zero-order valence-electron chi connectivity index (χ0n) is 16.8. The normalized spacial score (nSPS) is 11.1. The Labute approximate surface area is 179 Å². The summed E-state index contributed by atoms with van der Waals surface area (Å²) in [5.41, 5.74) is 1.09. The van der Waals surface area contributed by atoms with Crippen LogP contribution in [0.15, 0.2) is 71.6 Å². The molecule has 0 fully saturated rings. The number of benzene rings is 3. The van der Waals surface area contributed by atoms with Gasteiger partial charge in [-0.05, 0) is 43.3 Å². The summed E-state index contributed by atoms with van der Waals surface area (Å²) in [7, 11) is -2.68. The number of amides is 1. The number of aryl methyl sites for hydroxylation is 1. The van der Waals surface area contributed by atoms with Gasteiger partial charge in [-0.15, -0.1) is 0 Å².